The molecule has 0 unspecified atom stereocenters. The van der Waals surface area contributed by atoms with Crippen LogP contribution in [0.2, 0.25) is 0 Å². The van der Waals surface area contributed by atoms with Gasteiger partial charge in [-0.25, -0.2) is 0 Å². The molecule has 0 bridgehead atoms. The number of phenolic OH excluding ortho intramolecular Hbond substituents is 1. The molecule has 3 rings (SSSR count). The lowest BCUT2D eigenvalue weighted by Gasteiger charge is -2.25. The van der Waals surface area contributed by atoms with Gasteiger partial charge in [0.05, 0.1) is 14.2 Å². The molecule has 0 atom stereocenters. The van der Waals surface area contributed by atoms with Crippen molar-refractivity contribution in [3.8, 4) is 17.2 Å². The number of ether oxygens (including phenoxy) is 2. The van der Waals surface area contributed by atoms with Crippen molar-refractivity contribution >= 4 is 0 Å². The van der Waals surface area contributed by atoms with Gasteiger partial charge in [-0.2, -0.15) is 0 Å². The van der Waals surface area contributed by atoms with E-state index in [4.69, 9.17) is 9.47 Å². The molecule has 0 fully saturated rings. The zero-order valence-corrected chi connectivity index (χ0v) is 24.8. The summed E-state index contributed by atoms with van der Waals surface area (Å²) < 4.78 is 11.8. The first-order chi connectivity index (χ1) is 17.0. The van der Waals surface area contributed by atoms with Crippen molar-refractivity contribution in [1.29, 1.82) is 0 Å². The van der Waals surface area contributed by atoms with Crippen molar-refractivity contribution in [3.63, 3.8) is 0 Å². The topological polar surface area (TPSA) is 38.7 Å². The Labute approximate surface area is 224 Å². The predicted molar refractivity (Wildman–Crippen MR) is 156 cm³/mol. The van der Waals surface area contributed by atoms with E-state index < -0.39 is 0 Å². The molecule has 0 aliphatic rings. The fraction of sp³-hybridized carbons (Fsp3) is 0.471. The normalized spacial score (nSPS) is 12.5. The maximum atomic E-state index is 10.8. The van der Waals surface area contributed by atoms with Gasteiger partial charge in [0.1, 0.15) is 17.2 Å². The van der Waals surface area contributed by atoms with E-state index in [2.05, 4.69) is 98.7 Å². The van der Waals surface area contributed by atoms with Gasteiger partial charge in [-0.1, -0.05) is 98.7 Å². The second-order valence-electron chi connectivity index (χ2n) is 13.3. The number of hydrogen-bond acceptors (Lipinski definition) is 3. The minimum absolute atomic E-state index is 0.000417. The van der Waals surface area contributed by atoms with Gasteiger partial charge in [-0.15, -0.1) is 0 Å². The molecule has 0 heterocycles. The quantitative estimate of drug-likeness (QED) is 0.367. The molecule has 0 aromatic heterocycles. The van der Waals surface area contributed by atoms with Crippen LogP contribution in [0.1, 0.15) is 101 Å². The summed E-state index contributed by atoms with van der Waals surface area (Å²) in [5.41, 5.74) is 7.99. The van der Waals surface area contributed by atoms with Crippen LogP contribution in [0.25, 0.3) is 0 Å². The second-order valence-corrected chi connectivity index (χ2v) is 13.3. The van der Waals surface area contributed by atoms with Gasteiger partial charge in [0.2, 0.25) is 0 Å². The van der Waals surface area contributed by atoms with Gasteiger partial charge in [0, 0.05) is 12.8 Å². The molecular formula is C34H46O3. The van der Waals surface area contributed by atoms with Crippen molar-refractivity contribution in [3.05, 3.63) is 87.5 Å². The first kappa shape index (κ1) is 28.6. The molecular weight excluding hydrogens is 456 g/mol. The van der Waals surface area contributed by atoms with Crippen LogP contribution in [0.3, 0.4) is 0 Å². The van der Waals surface area contributed by atoms with Crippen LogP contribution in [0.5, 0.6) is 17.2 Å². The maximum Gasteiger partial charge on any atom is 0.125 e. The Hall–Kier alpha value is -2.94. The van der Waals surface area contributed by atoms with Gasteiger partial charge in [-0.3, -0.25) is 0 Å². The van der Waals surface area contributed by atoms with Crippen molar-refractivity contribution in [2.24, 2.45) is 0 Å². The van der Waals surface area contributed by atoms with Crippen LogP contribution in [0, 0.1) is 0 Å². The summed E-state index contributed by atoms with van der Waals surface area (Å²) in [7, 11) is 3.47. The number of phenols is 1. The highest BCUT2D eigenvalue weighted by molar-refractivity contribution is 5.53. The smallest absolute Gasteiger partial charge is 0.125 e. The highest BCUT2D eigenvalue weighted by Gasteiger charge is 2.23. The number of methoxy groups -OCH3 is 2. The summed E-state index contributed by atoms with van der Waals surface area (Å²) in [4.78, 5) is 0. The van der Waals surface area contributed by atoms with E-state index in [-0.39, 0.29) is 16.2 Å². The Morgan fingerprint density at radius 2 is 0.973 bits per heavy atom. The Morgan fingerprint density at radius 3 is 1.43 bits per heavy atom. The molecule has 0 spiro atoms. The number of benzene rings is 3. The van der Waals surface area contributed by atoms with E-state index in [1.165, 1.54) is 16.7 Å². The summed E-state index contributed by atoms with van der Waals surface area (Å²) in [6.45, 7) is 20.0. The van der Waals surface area contributed by atoms with Crippen LogP contribution in [0.4, 0.5) is 0 Å². The minimum Gasteiger partial charge on any atom is -0.508 e. The van der Waals surface area contributed by atoms with E-state index >= 15 is 0 Å². The SMILES string of the molecule is COc1ccc(C(C)(C)C)cc1Cc1cc(C(C)(C)C)cc(Cc2cc(C(C)(C)C)ccc2O)c1OC. The molecule has 0 saturated carbocycles. The largest absolute Gasteiger partial charge is 0.508 e. The summed E-state index contributed by atoms with van der Waals surface area (Å²) in [5.74, 6) is 2.07. The maximum absolute atomic E-state index is 10.8. The summed E-state index contributed by atoms with van der Waals surface area (Å²) in [5, 5.41) is 10.8. The lowest BCUT2D eigenvalue weighted by Crippen LogP contribution is -2.14. The molecule has 3 aromatic carbocycles. The van der Waals surface area contributed by atoms with Crippen molar-refractivity contribution < 1.29 is 14.6 Å². The zero-order chi connectivity index (χ0) is 27.8. The average molecular weight is 503 g/mol. The van der Waals surface area contributed by atoms with Gasteiger partial charge in [0.25, 0.3) is 0 Å². The number of hydrogen-bond donors (Lipinski definition) is 1. The molecule has 3 heteroatoms. The first-order valence-electron chi connectivity index (χ1n) is 13.2. The Morgan fingerprint density at radius 1 is 0.541 bits per heavy atom. The molecule has 0 aliphatic carbocycles. The molecule has 0 aliphatic heterocycles. The fourth-order valence-corrected chi connectivity index (χ4v) is 4.70. The van der Waals surface area contributed by atoms with Crippen molar-refractivity contribution in [2.45, 2.75) is 91.4 Å². The highest BCUT2D eigenvalue weighted by Crippen LogP contribution is 2.38. The molecule has 37 heavy (non-hydrogen) atoms. The molecule has 3 aromatic rings. The van der Waals surface area contributed by atoms with Crippen molar-refractivity contribution in [2.75, 3.05) is 14.2 Å². The van der Waals surface area contributed by atoms with Crippen LogP contribution in [0.15, 0.2) is 48.5 Å². The Kier molecular flexibility index (Phi) is 8.08. The highest BCUT2D eigenvalue weighted by atomic mass is 16.5. The Balaban J connectivity index is 2.18. The fourth-order valence-electron chi connectivity index (χ4n) is 4.70. The van der Waals surface area contributed by atoms with E-state index in [1.54, 1.807) is 14.2 Å². The number of rotatable bonds is 6. The van der Waals surface area contributed by atoms with E-state index in [9.17, 15) is 5.11 Å². The van der Waals surface area contributed by atoms with Gasteiger partial charge in [0.15, 0.2) is 0 Å². The third kappa shape index (κ3) is 6.69. The lowest BCUT2D eigenvalue weighted by molar-refractivity contribution is 0.401. The van der Waals surface area contributed by atoms with E-state index in [0.717, 1.165) is 33.8 Å². The molecule has 0 saturated heterocycles. The third-order valence-electron chi connectivity index (χ3n) is 7.17. The molecule has 1 N–H and O–H groups in total. The predicted octanol–water partition coefficient (Wildman–Crippen LogP) is 8.48. The summed E-state index contributed by atoms with van der Waals surface area (Å²) in [6.07, 6.45) is 1.29. The lowest BCUT2D eigenvalue weighted by atomic mass is 9.81. The zero-order valence-electron chi connectivity index (χ0n) is 24.8. The number of aromatic hydroxyl groups is 1. The molecule has 0 radical (unpaired) electrons. The van der Waals surface area contributed by atoms with E-state index in [0.29, 0.717) is 18.6 Å². The second kappa shape index (κ2) is 10.4. The summed E-state index contributed by atoms with van der Waals surface area (Å²) >= 11 is 0. The molecule has 200 valence electrons. The molecule has 3 nitrogen and oxygen atoms in total. The van der Waals surface area contributed by atoms with Crippen LogP contribution < -0.4 is 9.47 Å². The Bertz CT molecular complexity index is 1250. The van der Waals surface area contributed by atoms with Crippen LogP contribution in [-0.4, -0.2) is 19.3 Å². The van der Waals surface area contributed by atoms with Gasteiger partial charge >= 0.3 is 0 Å². The minimum atomic E-state index is -0.0393. The third-order valence-corrected chi connectivity index (χ3v) is 7.17. The van der Waals surface area contributed by atoms with Crippen LogP contribution >= 0.6 is 0 Å². The summed E-state index contributed by atoms with van der Waals surface area (Å²) in [6, 6.07) is 17.0. The van der Waals surface area contributed by atoms with Gasteiger partial charge < -0.3 is 14.6 Å². The van der Waals surface area contributed by atoms with E-state index in [1.807, 2.05) is 12.1 Å². The molecule has 0 amide bonds. The van der Waals surface area contributed by atoms with Gasteiger partial charge in [-0.05, 0) is 67.3 Å². The van der Waals surface area contributed by atoms with Crippen LogP contribution in [-0.2, 0) is 29.1 Å². The monoisotopic (exact) mass is 502 g/mol. The average Bonchev–Trinajstić information content (AvgIpc) is 2.78. The first-order valence-corrected chi connectivity index (χ1v) is 13.2. The standard InChI is InChI=1S/C34H46O3/c1-32(2,3)26-12-14-29(35)22(18-26)16-24-20-28(34(7,8)9)21-25(31(24)37-11)17-23-19-27(33(4,5)6)13-15-30(23)36-10/h12-15,18-21,35H,16-17H2,1-11H3. The van der Waals surface area contributed by atoms with Crippen molar-refractivity contribution in [1.82, 2.24) is 0 Å².